The van der Waals surface area contributed by atoms with Crippen LogP contribution in [-0.2, 0) is 0 Å². The van der Waals surface area contributed by atoms with Gasteiger partial charge in [-0.2, -0.15) is 0 Å². The molecule has 4 nitrogen and oxygen atoms in total. The van der Waals surface area contributed by atoms with E-state index in [1.165, 1.54) is 25.3 Å². The van der Waals surface area contributed by atoms with Crippen molar-refractivity contribution in [2.75, 3.05) is 20.3 Å². The van der Waals surface area contributed by atoms with Gasteiger partial charge in [0.1, 0.15) is 6.61 Å². The molecule has 1 atom stereocenters. The van der Waals surface area contributed by atoms with Gasteiger partial charge < -0.3 is 20.3 Å². The molecule has 0 heterocycles. The van der Waals surface area contributed by atoms with Gasteiger partial charge in [0, 0.05) is 0 Å². The van der Waals surface area contributed by atoms with Crippen LogP contribution in [0.25, 0.3) is 0 Å². The van der Waals surface area contributed by atoms with Crippen molar-refractivity contribution in [3.05, 3.63) is 23.8 Å². The van der Waals surface area contributed by atoms with E-state index in [1.807, 2.05) is 0 Å². The lowest BCUT2D eigenvalue weighted by Gasteiger charge is -2.22. The number of aliphatic hydroxyl groups excluding tert-OH is 1. The van der Waals surface area contributed by atoms with Crippen molar-refractivity contribution in [1.29, 1.82) is 0 Å². The van der Waals surface area contributed by atoms with Gasteiger partial charge in [-0.15, -0.1) is 0 Å². The summed E-state index contributed by atoms with van der Waals surface area (Å²) in [4.78, 5) is 0. The molecule has 1 aromatic rings. The Morgan fingerprint density at radius 2 is 2.06 bits per heavy atom. The summed E-state index contributed by atoms with van der Waals surface area (Å²) in [6.07, 6.45) is 0. The standard InChI is InChI=1S/C12H17F2NO3/c1-3-18-9-5-4-8(6-10(9)17-2)11(15)12(13,14)7-16/h4-6,11,16H,3,7,15H2,1-2H3/t11-/m1/s1. The molecule has 0 bridgehead atoms. The van der Waals surface area contributed by atoms with Gasteiger partial charge >= 0.3 is 0 Å². The molecule has 0 aliphatic heterocycles. The lowest BCUT2D eigenvalue weighted by molar-refractivity contribution is -0.0712. The third-order valence-electron chi connectivity index (χ3n) is 2.51. The first kappa shape index (κ1) is 14.7. The minimum atomic E-state index is -3.38. The number of benzene rings is 1. The Bertz CT molecular complexity index is 399. The van der Waals surface area contributed by atoms with Crippen molar-refractivity contribution in [3.8, 4) is 11.5 Å². The van der Waals surface area contributed by atoms with Crippen LogP contribution in [0.5, 0.6) is 11.5 Å². The lowest BCUT2D eigenvalue weighted by atomic mass is 10.0. The fourth-order valence-electron chi connectivity index (χ4n) is 1.49. The first-order valence-electron chi connectivity index (χ1n) is 5.51. The maximum absolute atomic E-state index is 13.3. The molecule has 0 aliphatic carbocycles. The number of hydrogen-bond acceptors (Lipinski definition) is 4. The van der Waals surface area contributed by atoms with Crippen LogP contribution in [0.2, 0.25) is 0 Å². The van der Waals surface area contributed by atoms with Crippen LogP contribution in [0.1, 0.15) is 18.5 Å². The number of rotatable bonds is 6. The predicted octanol–water partition coefficient (Wildman–Crippen LogP) is 1.72. The second-order valence-corrected chi connectivity index (χ2v) is 3.74. The Morgan fingerprint density at radius 1 is 1.39 bits per heavy atom. The Kier molecular flexibility index (Phi) is 4.86. The van der Waals surface area contributed by atoms with Gasteiger partial charge in [0.05, 0.1) is 19.8 Å². The van der Waals surface area contributed by atoms with Crippen LogP contribution < -0.4 is 15.2 Å². The van der Waals surface area contributed by atoms with Crippen LogP contribution in [0.4, 0.5) is 8.78 Å². The van der Waals surface area contributed by atoms with Crippen LogP contribution in [0, 0.1) is 0 Å². The quantitative estimate of drug-likeness (QED) is 0.818. The highest BCUT2D eigenvalue weighted by atomic mass is 19.3. The third kappa shape index (κ3) is 3.08. The topological polar surface area (TPSA) is 64.7 Å². The van der Waals surface area contributed by atoms with Crippen LogP contribution in [-0.4, -0.2) is 31.4 Å². The normalized spacial score (nSPS) is 13.2. The molecule has 3 N–H and O–H groups in total. The zero-order chi connectivity index (χ0) is 13.8. The average molecular weight is 261 g/mol. The number of nitrogens with two attached hydrogens (primary N) is 1. The van der Waals surface area contributed by atoms with Crippen molar-refractivity contribution >= 4 is 0 Å². The summed E-state index contributed by atoms with van der Waals surface area (Å²) in [6, 6.07) is 2.75. The predicted molar refractivity (Wildman–Crippen MR) is 63.1 cm³/mol. The van der Waals surface area contributed by atoms with E-state index in [9.17, 15) is 8.78 Å². The molecular weight excluding hydrogens is 244 g/mol. The molecular formula is C12H17F2NO3. The molecule has 0 fully saturated rings. The first-order valence-corrected chi connectivity index (χ1v) is 5.51. The third-order valence-corrected chi connectivity index (χ3v) is 2.51. The SMILES string of the molecule is CCOc1ccc([C@@H](N)C(F)(F)CO)cc1OC. The molecule has 0 amide bonds. The monoisotopic (exact) mass is 261 g/mol. The minimum absolute atomic E-state index is 0.175. The summed E-state index contributed by atoms with van der Waals surface area (Å²) in [6.45, 7) is 0.942. The van der Waals surface area contributed by atoms with Crippen molar-refractivity contribution in [2.45, 2.75) is 18.9 Å². The average Bonchev–Trinajstić information content (AvgIpc) is 2.38. The van der Waals surface area contributed by atoms with E-state index in [2.05, 4.69) is 0 Å². The second-order valence-electron chi connectivity index (χ2n) is 3.74. The summed E-state index contributed by atoms with van der Waals surface area (Å²) < 4.78 is 36.9. The van der Waals surface area contributed by atoms with Crippen molar-refractivity contribution in [3.63, 3.8) is 0 Å². The number of hydrogen-bond donors (Lipinski definition) is 2. The number of ether oxygens (including phenoxy) is 2. The molecule has 1 rings (SSSR count). The van der Waals surface area contributed by atoms with Gasteiger partial charge in [-0.3, -0.25) is 0 Å². The van der Waals surface area contributed by atoms with E-state index in [-0.39, 0.29) is 5.56 Å². The number of methoxy groups -OCH3 is 1. The van der Waals surface area contributed by atoms with Gasteiger partial charge in [0.25, 0.3) is 5.92 Å². The molecule has 0 saturated carbocycles. The molecule has 0 aliphatic rings. The maximum atomic E-state index is 13.3. The highest BCUT2D eigenvalue weighted by Crippen LogP contribution is 2.34. The fourth-order valence-corrected chi connectivity index (χ4v) is 1.49. The summed E-state index contributed by atoms with van der Waals surface area (Å²) >= 11 is 0. The molecule has 0 saturated heterocycles. The largest absolute Gasteiger partial charge is 0.493 e. The molecule has 1 aromatic carbocycles. The molecule has 102 valence electrons. The molecule has 0 spiro atoms. The van der Waals surface area contributed by atoms with E-state index in [1.54, 1.807) is 6.92 Å². The van der Waals surface area contributed by atoms with E-state index in [4.69, 9.17) is 20.3 Å². The van der Waals surface area contributed by atoms with Crippen LogP contribution in [0.3, 0.4) is 0 Å². The lowest BCUT2D eigenvalue weighted by Crippen LogP contribution is -2.36. The van der Waals surface area contributed by atoms with Gasteiger partial charge in [-0.05, 0) is 24.6 Å². The molecule has 6 heteroatoms. The first-order chi connectivity index (χ1) is 8.46. The fraction of sp³-hybridized carbons (Fsp3) is 0.500. The Balaban J connectivity index is 3.05. The number of alkyl halides is 2. The van der Waals surface area contributed by atoms with Gasteiger partial charge in [0.15, 0.2) is 11.5 Å². The van der Waals surface area contributed by atoms with Crippen molar-refractivity contribution < 1.29 is 23.4 Å². The molecule has 0 unspecified atom stereocenters. The smallest absolute Gasteiger partial charge is 0.289 e. The van der Waals surface area contributed by atoms with E-state index >= 15 is 0 Å². The summed E-state index contributed by atoms with van der Waals surface area (Å²) in [5, 5.41) is 8.61. The Labute approximate surface area is 104 Å². The summed E-state index contributed by atoms with van der Waals surface area (Å²) in [5.74, 6) is -2.58. The zero-order valence-electron chi connectivity index (χ0n) is 10.3. The number of halogens is 2. The molecule has 0 aromatic heterocycles. The molecule has 0 radical (unpaired) electrons. The minimum Gasteiger partial charge on any atom is -0.493 e. The second kappa shape index (κ2) is 5.97. The van der Waals surface area contributed by atoms with Gasteiger partial charge in [-0.25, -0.2) is 8.78 Å². The summed E-state index contributed by atoms with van der Waals surface area (Å²) in [5.41, 5.74) is 5.60. The van der Waals surface area contributed by atoms with Gasteiger partial charge in [-0.1, -0.05) is 6.07 Å². The Hall–Kier alpha value is -1.40. The zero-order valence-corrected chi connectivity index (χ0v) is 10.3. The maximum Gasteiger partial charge on any atom is 0.289 e. The van der Waals surface area contributed by atoms with Crippen LogP contribution >= 0.6 is 0 Å². The highest BCUT2D eigenvalue weighted by molar-refractivity contribution is 5.44. The van der Waals surface area contributed by atoms with E-state index in [0.717, 1.165) is 0 Å². The van der Waals surface area contributed by atoms with Crippen LogP contribution in [0.15, 0.2) is 18.2 Å². The highest BCUT2D eigenvalue weighted by Gasteiger charge is 2.37. The molecule has 18 heavy (non-hydrogen) atoms. The van der Waals surface area contributed by atoms with Gasteiger partial charge in [0.2, 0.25) is 0 Å². The van der Waals surface area contributed by atoms with Crippen molar-refractivity contribution in [1.82, 2.24) is 0 Å². The number of aliphatic hydroxyl groups is 1. The van der Waals surface area contributed by atoms with E-state index in [0.29, 0.717) is 18.1 Å². The van der Waals surface area contributed by atoms with E-state index < -0.39 is 18.6 Å². The summed E-state index contributed by atoms with van der Waals surface area (Å²) in [7, 11) is 1.41. The van der Waals surface area contributed by atoms with Crippen molar-refractivity contribution in [2.24, 2.45) is 5.73 Å². The Morgan fingerprint density at radius 3 is 2.56 bits per heavy atom.